The molecule has 0 unspecified atom stereocenters. The van der Waals surface area contributed by atoms with Crippen LogP contribution in [0.1, 0.15) is 11.3 Å². The minimum atomic E-state index is -4.28. The van der Waals surface area contributed by atoms with E-state index >= 15 is 0 Å². The molecule has 8 heteroatoms. The van der Waals surface area contributed by atoms with Gasteiger partial charge >= 0.3 is 6.18 Å². The Morgan fingerprint density at radius 3 is 2.22 bits per heavy atom. The van der Waals surface area contributed by atoms with Crippen LogP contribution in [-0.4, -0.2) is 46.1 Å². The largest absolute Gasteiger partial charge is 0.416 e. The fourth-order valence-corrected chi connectivity index (χ4v) is 2.71. The van der Waals surface area contributed by atoms with Crippen LogP contribution in [0.4, 0.5) is 18.9 Å². The summed E-state index contributed by atoms with van der Waals surface area (Å²) >= 11 is 0. The first kappa shape index (κ1) is 15.8. The van der Waals surface area contributed by atoms with Gasteiger partial charge in [0, 0.05) is 45.5 Å². The van der Waals surface area contributed by atoms with Crippen molar-refractivity contribution in [3.63, 3.8) is 0 Å². The molecule has 2 aromatic rings. The van der Waals surface area contributed by atoms with Gasteiger partial charge in [-0.1, -0.05) is 0 Å². The Balaban J connectivity index is 1.56. The molecule has 1 aliphatic rings. The number of aryl methyl sites for hydroxylation is 1. The highest BCUT2D eigenvalue weighted by Gasteiger charge is 2.30. The second kappa shape index (κ2) is 6.19. The predicted octanol–water partition coefficient (Wildman–Crippen LogP) is 2.16. The van der Waals surface area contributed by atoms with Gasteiger partial charge in [0.25, 0.3) is 0 Å². The molecule has 0 radical (unpaired) electrons. The number of hydrogen-bond acceptors (Lipinski definition) is 4. The molecule has 1 aromatic heterocycles. The smallest absolute Gasteiger partial charge is 0.369 e. The molecular formula is C15H18F3N5. The van der Waals surface area contributed by atoms with Crippen LogP contribution in [0.2, 0.25) is 0 Å². The van der Waals surface area contributed by atoms with Gasteiger partial charge in [0.15, 0.2) is 0 Å². The maximum Gasteiger partial charge on any atom is 0.416 e. The summed E-state index contributed by atoms with van der Waals surface area (Å²) in [6, 6.07) is 5.37. The number of hydrogen-bond donors (Lipinski definition) is 0. The topological polar surface area (TPSA) is 37.2 Å². The molecule has 1 aliphatic heterocycles. The Morgan fingerprint density at radius 2 is 1.70 bits per heavy atom. The lowest BCUT2D eigenvalue weighted by molar-refractivity contribution is -0.137. The molecule has 0 N–H and O–H groups in total. The zero-order chi connectivity index (χ0) is 16.4. The van der Waals surface area contributed by atoms with Crippen LogP contribution < -0.4 is 4.90 Å². The fourth-order valence-electron chi connectivity index (χ4n) is 2.71. The third-order valence-electron chi connectivity index (χ3n) is 3.96. The highest BCUT2D eigenvalue weighted by molar-refractivity contribution is 5.48. The van der Waals surface area contributed by atoms with Gasteiger partial charge in [0.2, 0.25) is 0 Å². The van der Waals surface area contributed by atoms with E-state index in [1.807, 2.05) is 0 Å². The number of piperazine rings is 1. The molecule has 2 heterocycles. The first-order valence-corrected chi connectivity index (χ1v) is 7.41. The number of nitrogens with zero attached hydrogens (tertiary/aromatic N) is 5. The standard InChI is InChI=1S/C15H18F3N5/c1-21-19-10-13(20-21)11-22-6-8-23(9-7-22)14-4-2-12(3-5-14)15(16,17)18/h2-5,10H,6-9,11H2,1H3. The lowest BCUT2D eigenvalue weighted by Crippen LogP contribution is -2.46. The second-order valence-electron chi connectivity index (χ2n) is 5.63. The molecule has 1 fully saturated rings. The molecule has 1 aromatic carbocycles. The molecule has 0 spiro atoms. The molecule has 3 rings (SSSR count). The van der Waals surface area contributed by atoms with Gasteiger partial charge in [0.05, 0.1) is 17.5 Å². The Labute approximate surface area is 132 Å². The Morgan fingerprint density at radius 1 is 1.04 bits per heavy atom. The summed E-state index contributed by atoms with van der Waals surface area (Å²) in [5.74, 6) is 0. The van der Waals surface area contributed by atoms with Gasteiger partial charge in [0.1, 0.15) is 0 Å². The minimum Gasteiger partial charge on any atom is -0.369 e. The molecule has 0 aliphatic carbocycles. The highest BCUT2D eigenvalue weighted by Crippen LogP contribution is 2.30. The molecule has 124 valence electrons. The third-order valence-corrected chi connectivity index (χ3v) is 3.96. The maximum absolute atomic E-state index is 12.6. The first-order valence-electron chi connectivity index (χ1n) is 7.41. The van der Waals surface area contributed by atoms with Gasteiger partial charge in [-0.05, 0) is 24.3 Å². The van der Waals surface area contributed by atoms with Crippen LogP contribution in [0.5, 0.6) is 0 Å². The van der Waals surface area contributed by atoms with E-state index in [0.717, 1.165) is 56.2 Å². The van der Waals surface area contributed by atoms with E-state index in [1.165, 1.54) is 4.80 Å². The zero-order valence-corrected chi connectivity index (χ0v) is 12.8. The molecule has 0 bridgehead atoms. The normalized spacial score (nSPS) is 16.8. The Hall–Kier alpha value is -2.09. The lowest BCUT2D eigenvalue weighted by atomic mass is 10.1. The first-order chi connectivity index (χ1) is 10.9. The van der Waals surface area contributed by atoms with Crippen molar-refractivity contribution < 1.29 is 13.2 Å². The van der Waals surface area contributed by atoms with Crippen LogP contribution in [0.15, 0.2) is 30.5 Å². The van der Waals surface area contributed by atoms with E-state index in [4.69, 9.17) is 0 Å². The average Bonchev–Trinajstić information content (AvgIpc) is 2.92. The summed E-state index contributed by atoms with van der Waals surface area (Å²) in [6.07, 6.45) is -2.53. The monoisotopic (exact) mass is 325 g/mol. The predicted molar refractivity (Wildman–Crippen MR) is 79.9 cm³/mol. The Kier molecular flexibility index (Phi) is 4.25. The highest BCUT2D eigenvalue weighted by atomic mass is 19.4. The number of aromatic nitrogens is 3. The molecule has 23 heavy (non-hydrogen) atoms. The number of rotatable bonds is 3. The van der Waals surface area contributed by atoms with E-state index < -0.39 is 11.7 Å². The van der Waals surface area contributed by atoms with Crippen LogP contribution in [-0.2, 0) is 19.8 Å². The van der Waals surface area contributed by atoms with Gasteiger partial charge in [-0.3, -0.25) is 4.90 Å². The van der Waals surface area contributed by atoms with Crippen molar-refractivity contribution in [3.05, 3.63) is 41.7 Å². The van der Waals surface area contributed by atoms with Crippen LogP contribution >= 0.6 is 0 Å². The maximum atomic E-state index is 12.6. The van der Waals surface area contributed by atoms with Crippen molar-refractivity contribution in [3.8, 4) is 0 Å². The number of benzene rings is 1. The average molecular weight is 325 g/mol. The van der Waals surface area contributed by atoms with E-state index in [0.29, 0.717) is 0 Å². The molecular weight excluding hydrogens is 307 g/mol. The van der Waals surface area contributed by atoms with Gasteiger partial charge in [-0.25, -0.2) is 0 Å². The fraction of sp³-hybridized carbons (Fsp3) is 0.467. The van der Waals surface area contributed by atoms with Crippen molar-refractivity contribution in [1.29, 1.82) is 0 Å². The van der Waals surface area contributed by atoms with Crippen molar-refractivity contribution >= 4 is 5.69 Å². The van der Waals surface area contributed by atoms with Crippen molar-refractivity contribution in [2.24, 2.45) is 7.05 Å². The number of alkyl halides is 3. The van der Waals surface area contributed by atoms with E-state index in [-0.39, 0.29) is 0 Å². The number of halogens is 3. The molecule has 1 saturated heterocycles. The Bertz CT molecular complexity index is 642. The molecule has 5 nitrogen and oxygen atoms in total. The minimum absolute atomic E-state index is 0.609. The lowest BCUT2D eigenvalue weighted by Gasteiger charge is -2.35. The molecule has 0 saturated carbocycles. The van der Waals surface area contributed by atoms with Gasteiger partial charge < -0.3 is 4.90 Å². The summed E-state index contributed by atoms with van der Waals surface area (Å²) in [5.41, 5.74) is 1.15. The molecule has 0 atom stereocenters. The van der Waals surface area contributed by atoms with Crippen LogP contribution in [0.3, 0.4) is 0 Å². The SMILES string of the molecule is Cn1ncc(CN2CCN(c3ccc(C(F)(F)F)cc3)CC2)n1. The van der Waals surface area contributed by atoms with Crippen molar-refractivity contribution in [2.45, 2.75) is 12.7 Å². The summed E-state index contributed by atoms with van der Waals surface area (Å²) in [7, 11) is 1.78. The van der Waals surface area contributed by atoms with Crippen molar-refractivity contribution in [1.82, 2.24) is 19.9 Å². The zero-order valence-electron chi connectivity index (χ0n) is 12.8. The second-order valence-corrected chi connectivity index (χ2v) is 5.63. The van der Waals surface area contributed by atoms with E-state index in [9.17, 15) is 13.2 Å². The van der Waals surface area contributed by atoms with Crippen LogP contribution in [0.25, 0.3) is 0 Å². The number of anilines is 1. The quantitative estimate of drug-likeness (QED) is 0.867. The van der Waals surface area contributed by atoms with E-state index in [1.54, 1.807) is 25.4 Å². The summed E-state index contributed by atoms with van der Waals surface area (Å²) in [4.78, 5) is 5.91. The molecule has 0 amide bonds. The van der Waals surface area contributed by atoms with Gasteiger partial charge in [-0.2, -0.15) is 28.2 Å². The summed E-state index contributed by atoms with van der Waals surface area (Å²) in [6.45, 7) is 4.00. The summed E-state index contributed by atoms with van der Waals surface area (Å²) < 4.78 is 37.8. The van der Waals surface area contributed by atoms with Crippen LogP contribution in [0, 0.1) is 0 Å². The summed E-state index contributed by atoms with van der Waals surface area (Å²) in [5, 5.41) is 8.31. The van der Waals surface area contributed by atoms with Gasteiger partial charge in [-0.15, -0.1) is 0 Å². The third kappa shape index (κ3) is 3.82. The van der Waals surface area contributed by atoms with Crippen molar-refractivity contribution in [2.75, 3.05) is 31.1 Å². The van der Waals surface area contributed by atoms with E-state index in [2.05, 4.69) is 20.0 Å².